The van der Waals surface area contributed by atoms with E-state index >= 15 is 0 Å². The van der Waals surface area contributed by atoms with Crippen molar-refractivity contribution < 1.29 is 0 Å². The number of hydrogen-bond donors (Lipinski definition) is 3. The zero-order valence-corrected chi connectivity index (χ0v) is 10.7. The summed E-state index contributed by atoms with van der Waals surface area (Å²) < 4.78 is 0. The van der Waals surface area contributed by atoms with Gasteiger partial charge in [-0.05, 0) is 31.0 Å². The molecule has 100 valence electrons. The average molecular weight is 258 g/mol. The fourth-order valence-corrected chi connectivity index (χ4v) is 2.37. The predicted molar refractivity (Wildman–Crippen MR) is 75.5 cm³/mol. The van der Waals surface area contributed by atoms with Gasteiger partial charge in [0, 0.05) is 25.4 Å². The second kappa shape index (κ2) is 5.27. The Morgan fingerprint density at radius 1 is 1.47 bits per heavy atom. The summed E-state index contributed by atoms with van der Waals surface area (Å²) in [5.74, 6) is 3.25. The van der Waals surface area contributed by atoms with Crippen LogP contribution >= 0.6 is 0 Å². The maximum Gasteiger partial charge on any atom is 0.136 e. The molecule has 2 aromatic rings. The minimum absolute atomic E-state index is 0.579. The molecule has 0 saturated carbocycles. The van der Waals surface area contributed by atoms with Crippen LogP contribution in [-0.2, 0) is 0 Å². The van der Waals surface area contributed by atoms with E-state index in [4.69, 9.17) is 5.73 Å². The molecule has 1 aliphatic rings. The van der Waals surface area contributed by atoms with Crippen LogP contribution in [0.15, 0.2) is 30.7 Å². The molecule has 0 spiro atoms. The van der Waals surface area contributed by atoms with Crippen LogP contribution in [0.3, 0.4) is 0 Å². The largest absolute Gasteiger partial charge is 0.356 e. The Morgan fingerprint density at radius 2 is 2.42 bits per heavy atom. The molecule has 6 nitrogen and oxygen atoms in total. The lowest BCUT2D eigenvalue weighted by Gasteiger charge is -2.17. The third-order valence-corrected chi connectivity index (χ3v) is 3.46. The standard InChI is InChI=1S/C13H18N6/c14-7-10-3-5-19(8-10)13-6-12(16-9-17-13)18-11-2-1-4-15-11/h1-2,4,6,9-10,15H,3,5,7-8,14H2,(H,16,17,18). The van der Waals surface area contributed by atoms with Crippen molar-refractivity contribution in [2.24, 2.45) is 11.7 Å². The van der Waals surface area contributed by atoms with Crippen LogP contribution < -0.4 is 16.0 Å². The van der Waals surface area contributed by atoms with Crippen LogP contribution in [0, 0.1) is 5.92 Å². The van der Waals surface area contributed by atoms with E-state index in [2.05, 4.69) is 25.2 Å². The van der Waals surface area contributed by atoms with Gasteiger partial charge in [0.05, 0.1) is 0 Å². The topological polar surface area (TPSA) is 82.9 Å². The monoisotopic (exact) mass is 258 g/mol. The van der Waals surface area contributed by atoms with E-state index in [1.165, 1.54) is 0 Å². The summed E-state index contributed by atoms with van der Waals surface area (Å²) in [5.41, 5.74) is 5.72. The first-order valence-electron chi connectivity index (χ1n) is 6.52. The number of anilines is 3. The summed E-state index contributed by atoms with van der Waals surface area (Å²) in [5, 5.41) is 3.21. The minimum Gasteiger partial charge on any atom is -0.356 e. The first kappa shape index (κ1) is 12.0. The van der Waals surface area contributed by atoms with Crippen molar-refractivity contribution in [1.82, 2.24) is 15.0 Å². The van der Waals surface area contributed by atoms with Gasteiger partial charge in [0.15, 0.2) is 0 Å². The van der Waals surface area contributed by atoms with Gasteiger partial charge < -0.3 is 20.9 Å². The van der Waals surface area contributed by atoms with E-state index in [1.54, 1.807) is 6.33 Å². The molecule has 4 N–H and O–H groups in total. The van der Waals surface area contributed by atoms with Crippen LogP contribution in [0.1, 0.15) is 6.42 Å². The van der Waals surface area contributed by atoms with Gasteiger partial charge in [0.2, 0.25) is 0 Å². The molecular weight excluding hydrogens is 240 g/mol. The molecular formula is C13H18N6. The van der Waals surface area contributed by atoms with Gasteiger partial charge in [-0.2, -0.15) is 0 Å². The third-order valence-electron chi connectivity index (χ3n) is 3.46. The molecule has 3 heterocycles. The number of H-pyrrole nitrogens is 1. The second-order valence-electron chi connectivity index (χ2n) is 4.81. The average Bonchev–Trinajstić information content (AvgIpc) is 3.09. The minimum atomic E-state index is 0.579. The van der Waals surface area contributed by atoms with Gasteiger partial charge in [0.1, 0.15) is 23.8 Å². The van der Waals surface area contributed by atoms with E-state index in [-0.39, 0.29) is 0 Å². The summed E-state index contributed by atoms with van der Waals surface area (Å²) >= 11 is 0. The lowest BCUT2D eigenvalue weighted by atomic mass is 10.1. The fraction of sp³-hybridized carbons (Fsp3) is 0.385. The Morgan fingerprint density at radius 3 is 3.16 bits per heavy atom. The van der Waals surface area contributed by atoms with Crippen molar-refractivity contribution in [3.63, 3.8) is 0 Å². The van der Waals surface area contributed by atoms with Crippen LogP contribution in [-0.4, -0.2) is 34.6 Å². The highest BCUT2D eigenvalue weighted by molar-refractivity contribution is 5.56. The summed E-state index contributed by atoms with van der Waals surface area (Å²) in [6.45, 7) is 2.74. The van der Waals surface area contributed by atoms with E-state index in [9.17, 15) is 0 Å². The van der Waals surface area contributed by atoms with Crippen LogP contribution in [0.4, 0.5) is 17.5 Å². The number of rotatable bonds is 4. The van der Waals surface area contributed by atoms with Crippen molar-refractivity contribution in [3.8, 4) is 0 Å². The van der Waals surface area contributed by atoms with E-state index in [1.807, 2.05) is 24.4 Å². The van der Waals surface area contributed by atoms with Gasteiger partial charge in [-0.25, -0.2) is 9.97 Å². The van der Waals surface area contributed by atoms with Gasteiger partial charge in [-0.3, -0.25) is 0 Å². The van der Waals surface area contributed by atoms with Gasteiger partial charge in [-0.1, -0.05) is 0 Å². The fourth-order valence-electron chi connectivity index (χ4n) is 2.37. The molecule has 19 heavy (non-hydrogen) atoms. The molecule has 0 aromatic carbocycles. The van der Waals surface area contributed by atoms with Gasteiger partial charge in [0.25, 0.3) is 0 Å². The molecule has 3 rings (SSSR count). The molecule has 2 aromatic heterocycles. The first-order chi connectivity index (χ1) is 9.35. The Kier molecular flexibility index (Phi) is 3.33. The number of nitrogens with one attached hydrogen (secondary N) is 2. The van der Waals surface area contributed by atoms with Crippen molar-refractivity contribution >= 4 is 17.5 Å². The van der Waals surface area contributed by atoms with Crippen LogP contribution in [0.5, 0.6) is 0 Å². The van der Waals surface area contributed by atoms with E-state index in [0.717, 1.165) is 43.5 Å². The first-order valence-corrected chi connectivity index (χ1v) is 6.52. The van der Waals surface area contributed by atoms with Crippen LogP contribution in [0.25, 0.3) is 0 Å². The lowest BCUT2D eigenvalue weighted by molar-refractivity contribution is 0.602. The van der Waals surface area contributed by atoms with Crippen molar-refractivity contribution in [1.29, 1.82) is 0 Å². The molecule has 6 heteroatoms. The second-order valence-corrected chi connectivity index (χ2v) is 4.81. The zero-order chi connectivity index (χ0) is 13.1. The van der Waals surface area contributed by atoms with E-state index in [0.29, 0.717) is 5.92 Å². The number of nitrogens with two attached hydrogens (primary N) is 1. The number of aromatic nitrogens is 3. The Bertz CT molecular complexity index is 524. The van der Waals surface area contributed by atoms with Crippen molar-refractivity contribution in [2.75, 3.05) is 29.9 Å². The lowest BCUT2D eigenvalue weighted by Crippen LogP contribution is -2.23. The smallest absolute Gasteiger partial charge is 0.136 e. The maximum atomic E-state index is 5.72. The Balaban J connectivity index is 1.73. The quantitative estimate of drug-likeness (QED) is 0.770. The van der Waals surface area contributed by atoms with Crippen molar-refractivity contribution in [3.05, 3.63) is 30.7 Å². The molecule has 1 saturated heterocycles. The molecule has 1 unspecified atom stereocenters. The Hall–Kier alpha value is -2.08. The SMILES string of the molecule is NCC1CCN(c2cc(Nc3ccc[nH]3)ncn2)C1. The highest BCUT2D eigenvalue weighted by atomic mass is 15.2. The summed E-state index contributed by atoms with van der Waals surface area (Å²) in [7, 11) is 0. The Labute approximate surface area is 112 Å². The number of hydrogen-bond acceptors (Lipinski definition) is 5. The van der Waals surface area contributed by atoms with Crippen LogP contribution in [0.2, 0.25) is 0 Å². The number of aromatic amines is 1. The van der Waals surface area contributed by atoms with Gasteiger partial charge in [-0.15, -0.1) is 0 Å². The predicted octanol–water partition coefficient (Wildman–Crippen LogP) is 1.33. The highest BCUT2D eigenvalue weighted by Crippen LogP contribution is 2.23. The maximum absolute atomic E-state index is 5.72. The molecule has 0 amide bonds. The molecule has 0 aliphatic carbocycles. The van der Waals surface area contributed by atoms with E-state index < -0.39 is 0 Å². The summed E-state index contributed by atoms with van der Waals surface area (Å²) in [4.78, 5) is 13.9. The molecule has 1 fully saturated rings. The normalized spacial score (nSPS) is 18.8. The van der Waals surface area contributed by atoms with Crippen molar-refractivity contribution in [2.45, 2.75) is 6.42 Å². The number of nitrogens with zero attached hydrogens (tertiary/aromatic N) is 3. The molecule has 0 bridgehead atoms. The third kappa shape index (κ3) is 2.68. The summed E-state index contributed by atoms with van der Waals surface area (Å²) in [6, 6.07) is 5.87. The molecule has 0 radical (unpaired) electrons. The molecule has 1 aliphatic heterocycles. The summed E-state index contributed by atoms with van der Waals surface area (Å²) in [6.07, 6.45) is 4.60. The zero-order valence-electron chi connectivity index (χ0n) is 10.7. The molecule has 1 atom stereocenters. The van der Waals surface area contributed by atoms with Gasteiger partial charge >= 0.3 is 0 Å². The highest BCUT2D eigenvalue weighted by Gasteiger charge is 2.22.